The van der Waals surface area contributed by atoms with Crippen LogP contribution in [0.25, 0.3) is 10.4 Å². The third-order valence-electron chi connectivity index (χ3n) is 3.25. The van der Waals surface area contributed by atoms with Crippen molar-refractivity contribution in [2.45, 2.75) is 18.7 Å². The Hall–Kier alpha value is -1.40. The fourth-order valence-corrected chi connectivity index (χ4v) is 4.65. The normalized spacial score (nSPS) is 12.9. The predicted molar refractivity (Wildman–Crippen MR) is 97.6 cm³/mol. The van der Waals surface area contributed by atoms with Gasteiger partial charge >= 0.3 is 0 Å². The summed E-state index contributed by atoms with van der Waals surface area (Å²) in [4.78, 5) is 2.97. The lowest BCUT2D eigenvalue weighted by atomic mass is 10.2. The number of hydrogen-bond donors (Lipinski definition) is 0. The van der Waals surface area contributed by atoms with Gasteiger partial charge in [-0.1, -0.05) is 22.1 Å². The molecular weight excluding hydrogens is 330 g/mol. The van der Waals surface area contributed by atoms with Gasteiger partial charge in [0.05, 0.1) is 11.1 Å². The van der Waals surface area contributed by atoms with E-state index in [1.54, 1.807) is 28.9 Å². The maximum atomic E-state index is 12.1. The van der Waals surface area contributed by atoms with E-state index in [9.17, 15) is 4.55 Å². The molecular formula is C17H15NOS3. The number of rotatable bonds is 4. The number of thiophene rings is 2. The third-order valence-corrected chi connectivity index (χ3v) is 6.13. The molecule has 0 spiro atoms. The smallest absolute Gasteiger partial charge is 0.182 e. The molecule has 0 aliphatic carbocycles. The van der Waals surface area contributed by atoms with Gasteiger partial charge in [-0.2, -0.15) is 11.3 Å². The average Bonchev–Trinajstić information content (AvgIpc) is 3.14. The van der Waals surface area contributed by atoms with Crippen molar-refractivity contribution in [3.05, 3.63) is 63.2 Å². The van der Waals surface area contributed by atoms with Crippen molar-refractivity contribution in [1.29, 1.82) is 0 Å². The maximum absolute atomic E-state index is 12.1. The van der Waals surface area contributed by atoms with Crippen LogP contribution >= 0.6 is 22.7 Å². The van der Waals surface area contributed by atoms with Gasteiger partial charge in [0.15, 0.2) is 4.90 Å². The lowest BCUT2D eigenvalue weighted by Gasteiger charge is -2.01. The summed E-state index contributed by atoms with van der Waals surface area (Å²) in [5.41, 5.74) is 3.71. The van der Waals surface area contributed by atoms with Crippen molar-refractivity contribution in [2.24, 2.45) is 4.40 Å². The Kier molecular flexibility index (Phi) is 4.78. The first-order valence-corrected chi connectivity index (χ1v) is 9.66. The van der Waals surface area contributed by atoms with E-state index in [2.05, 4.69) is 28.1 Å². The Morgan fingerprint density at radius 1 is 1.05 bits per heavy atom. The summed E-state index contributed by atoms with van der Waals surface area (Å²) in [6.07, 6.45) is 1.70. The van der Waals surface area contributed by atoms with Gasteiger partial charge < -0.3 is 4.55 Å². The standard InChI is InChI=1S/C17H15NOS3/c1-12-3-6-15(7-4-12)22(19)18-9-14-5-8-17(21-14)16-11-20-10-13(16)2/h3-11H,1-2H3. The van der Waals surface area contributed by atoms with E-state index in [1.807, 2.05) is 37.3 Å². The van der Waals surface area contributed by atoms with Gasteiger partial charge in [0, 0.05) is 10.4 Å². The lowest BCUT2D eigenvalue weighted by molar-refractivity contribution is 0.597. The molecule has 3 rings (SSSR count). The van der Waals surface area contributed by atoms with Gasteiger partial charge in [0.25, 0.3) is 0 Å². The Labute approximate surface area is 141 Å². The van der Waals surface area contributed by atoms with Crippen LogP contribution in [0.4, 0.5) is 0 Å². The summed E-state index contributed by atoms with van der Waals surface area (Å²) in [6.45, 7) is 4.13. The van der Waals surface area contributed by atoms with Crippen molar-refractivity contribution in [1.82, 2.24) is 0 Å². The molecule has 0 fully saturated rings. The summed E-state index contributed by atoms with van der Waals surface area (Å²) in [5.74, 6) is 0. The molecule has 2 heterocycles. The molecule has 0 N–H and O–H groups in total. The van der Waals surface area contributed by atoms with Crippen LogP contribution in [0.15, 0.2) is 56.5 Å². The number of aryl methyl sites for hydroxylation is 2. The highest BCUT2D eigenvalue weighted by Crippen LogP contribution is 2.32. The fraction of sp³-hybridized carbons (Fsp3) is 0.118. The van der Waals surface area contributed by atoms with Gasteiger partial charge in [-0.3, -0.25) is 0 Å². The van der Waals surface area contributed by atoms with E-state index in [0.29, 0.717) is 0 Å². The predicted octanol–water partition coefficient (Wildman–Crippen LogP) is 5.24. The maximum Gasteiger partial charge on any atom is 0.182 e. The zero-order chi connectivity index (χ0) is 15.5. The Morgan fingerprint density at radius 3 is 2.50 bits per heavy atom. The van der Waals surface area contributed by atoms with Crippen molar-refractivity contribution in [2.75, 3.05) is 0 Å². The second-order valence-corrected chi connectivity index (χ2v) is 8.01. The lowest BCUT2D eigenvalue weighted by Crippen LogP contribution is -1.97. The highest BCUT2D eigenvalue weighted by Gasteiger charge is 2.10. The van der Waals surface area contributed by atoms with Crippen LogP contribution in [0.1, 0.15) is 16.0 Å². The zero-order valence-electron chi connectivity index (χ0n) is 12.3. The van der Waals surface area contributed by atoms with Crippen LogP contribution in [0.5, 0.6) is 0 Å². The second kappa shape index (κ2) is 6.79. The first-order valence-electron chi connectivity index (χ1n) is 6.79. The Morgan fingerprint density at radius 2 is 1.82 bits per heavy atom. The van der Waals surface area contributed by atoms with E-state index in [1.165, 1.54) is 16.0 Å². The van der Waals surface area contributed by atoms with Crippen molar-refractivity contribution in [3.8, 4) is 10.4 Å². The van der Waals surface area contributed by atoms with Gasteiger partial charge in [0.1, 0.15) is 11.4 Å². The number of hydrogen-bond acceptors (Lipinski definition) is 4. The van der Waals surface area contributed by atoms with Gasteiger partial charge in [0.2, 0.25) is 0 Å². The molecule has 0 radical (unpaired) electrons. The monoisotopic (exact) mass is 345 g/mol. The Bertz CT molecular complexity index is 786. The summed E-state index contributed by atoms with van der Waals surface area (Å²) in [6, 6.07) is 11.7. The van der Waals surface area contributed by atoms with E-state index < -0.39 is 11.4 Å². The molecule has 112 valence electrons. The minimum atomic E-state index is -1.35. The highest BCUT2D eigenvalue weighted by molar-refractivity contribution is 7.90. The molecule has 2 nitrogen and oxygen atoms in total. The van der Waals surface area contributed by atoms with Crippen LogP contribution in [-0.2, 0) is 11.4 Å². The van der Waals surface area contributed by atoms with Crippen LogP contribution in [0.2, 0.25) is 0 Å². The summed E-state index contributed by atoms with van der Waals surface area (Å²) in [7, 11) is 0. The highest BCUT2D eigenvalue weighted by atomic mass is 32.2. The third kappa shape index (κ3) is 3.50. The molecule has 0 aliphatic heterocycles. The quantitative estimate of drug-likeness (QED) is 0.471. The first kappa shape index (κ1) is 15.5. The molecule has 0 bridgehead atoms. The molecule has 3 aromatic rings. The van der Waals surface area contributed by atoms with Crippen LogP contribution in [-0.4, -0.2) is 10.8 Å². The fourth-order valence-electron chi connectivity index (χ4n) is 2.00. The average molecular weight is 346 g/mol. The molecule has 1 unspecified atom stereocenters. The van der Waals surface area contributed by atoms with E-state index >= 15 is 0 Å². The molecule has 0 saturated heterocycles. The minimum absolute atomic E-state index is 0.729. The van der Waals surface area contributed by atoms with Gasteiger partial charge in [-0.25, -0.2) is 0 Å². The molecule has 2 aromatic heterocycles. The van der Waals surface area contributed by atoms with Gasteiger partial charge in [-0.15, -0.1) is 11.3 Å². The molecule has 1 aromatic carbocycles. The zero-order valence-corrected chi connectivity index (χ0v) is 14.7. The van der Waals surface area contributed by atoms with E-state index in [0.717, 1.165) is 15.3 Å². The summed E-state index contributed by atoms with van der Waals surface area (Å²) in [5, 5.41) is 4.31. The summed E-state index contributed by atoms with van der Waals surface area (Å²) >= 11 is 2.03. The molecule has 1 atom stereocenters. The molecule has 0 saturated carbocycles. The van der Waals surface area contributed by atoms with Crippen molar-refractivity contribution >= 4 is 40.3 Å². The first-order chi connectivity index (χ1) is 10.6. The van der Waals surface area contributed by atoms with Crippen LogP contribution in [0.3, 0.4) is 0 Å². The molecule has 5 heteroatoms. The van der Waals surface area contributed by atoms with Crippen molar-refractivity contribution in [3.63, 3.8) is 0 Å². The molecule has 22 heavy (non-hydrogen) atoms. The van der Waals surface area contributed by atoms with Crippen LogP contribution in [0, 0.1) is 13.8 Å². The van der Waals surface area contributed by atoms with E-state index in [-0.39, 0.29) is 0 Å². The molecule has 0 aliphatic rings. The molecule has 0 amide bonds. The Balaban J connectivity index is 1.74. The van der Waals surface area contributed by atoms with Gasteiger partial charge in [-0.05, 0) is 54.4 Å². The topological polar surface area (TPSA) is 35.4 Å². The largest absolute Gasteiger partial charge is 0.586 e. The van der Waals surface area contributed by atoms with Crippen LogP contribution < -0.4 is 0 Å². The minimum Gasteiger partial charge on any atom is -0.586 e. The summed E-state index contributed by atoms with van der Waals surface area (Å²) < 4.78 is 16.3. The van der Waals surface area contributed by atoms with E-state index in [4.69, 9.17) is 0 Å². The second-order valence-electron chi connectivity index (χ2n) is 4.97. The van der Waals surface area contributed by atoms with Crippen molar-refractivity contribution < 1.29 is 4.55 Å². The SMILES string of the molecule is Cc1ccc([S+]([O-])N=Cc2ccc(-c3cscc3C)s2)cc1. The number of benzene rings is 1. The number of nitrogens with zero attached hydrogens (tertiary/aromatic N) is 1.